The van der Waals surface area contributed by atoms with Crippen LogP contribution in [0.1, 0.15) is 19.8 Å². The van der Waals surface area contributed by atoms with Crippen LogP contribution in [0, 0.1) is 0 Å². The lowest BCUT2D eigenvalue weighted by molar-refractivity contribution is 0.273. The minimum atomic E-state index is 0.298. The molecule has 0 spiro atoms. The van der Waals surface area contributed by atoms with Crippen LogP contribution in [-0.4, -0.2) is 23.9 Å². The molecule has 1 rings (SSSR count). The maximum Gasteiger partial charge on any atom is 0.0839 e. The van der Waals surface area contributed by atoms with Crippen molar-refractivity contribution in [3.8, 4) is 0 Å². The number of hydrogen-bond donors (Lipinski definition) is 1. The fraction of sp³-hybridized carbons (Fsp3) is 1.00. The van der Waals surface area contributed by atoms with Crippen LogP contribution >= 0.6 is 0 Å². The van der Waals surface area contributed by atoms with Gasteiger partial charge in [0.05, 0.1) is 12.2 Å². The molecule has 0 bridgehead atoms. The van der Waals surface area contributed by atoms with E-state index in [-0.39, 0.29) is 0 Å². The van der Waals surface area contributed by atoms with Crippen molar-refractivity contribution >= 4 is 0 Å². The third kappa shape index (κ3) is 1.46. The minimum Gasteiger partial charge on any atom is -0.396 e. The highest BCUT2D eigenvalue weighted by Gasteiger charge is 2.32. The van der Waals surface area contributed by atoms with Crippen molar-refractivity contribution in [2.24, 2.45) is 0 Å². The second-order valence-electron chi connectivity index (χ2n) is 2.25. The molecule has 0 unspecified atom stereocenters. The molecule has 0 amide bonds. The Morgan fingerprint density at radius 3 is 2.62 bits per heavy atom. The van der Waals surface area contributed by atoms with Gasteiger partial charge in [-0.2, -0.15) is 0 Å². The molecule has 1 fully saturated rings. The number of aliphatic hydroxyl groups is 1. The summed E-state index contributed by atoms with van der Waals surface area (Å²) < 4.78 is 5.11. The molecule has 2 heteroatoms. The molecule has 0 aromatic rings. The third-order valence-electron chi connectivity index (χ3n) is 1.48. The van der Waals surface area contributed by atoms with E-state index in [0.29, 0.717) is 18.8 Å². The van der Waals surface area contributed by atoms with E-state index in [1.807, 2.05) is 0 Å². The van der Waals surface area contributed by atoms with Crippen LogP contribution in [0.5, 0.6) is 0 Å². The lowest BCUT2D eigenvalue weighted by Crippen LogP contribution is -1.91. The minimum absolute atomic E-state index is 0.298. The zero-order valence-corrected chi connectivity index (χ0v) is 5.13. The van der Waals surface area contributed by atoms with Gasteiger partial charge in [0.1, 0.15) is 0 Å². The monoisotopic (exact) mass is 116 g/mol. The van der Waals surface area contributed by atoms with Crippen molar-refractivity contribution in [2.45, 2.75) is 32.0 Å². The summed E-state index contributed by atoms with van der Waals surface area (Å²) >= 11 is 0. The number of epoxide rings is 1. The van der Waals surface area contributed by atoms with Crippen LogP contribution in [0.15, 0.2) is 0 Å². The van der Waals surface area contributed by atoms with E-state index in [4.69, 9.17) is 9.84 Å². The maximum absolute atomic E-state index is 8.37. The van der Waals surface area contributed by atoms with Crippen LogP contribution in [0.4, 0.5) is 0 Å². The lowest BCUT2D eigenvalue weighted by Gasteiger charge is -1.87. The molecular weight excluding hydrogens is 104 g/mol. The first kappa shape index (κ1) is 6.05. The number of aliphatic hydroxyl groups excluding tert-OH is 1. The fourth-order valence-corrected chi connectivity index (χ4v) is 0.826. The Balaban J connectivity index is 1.89. The number of rotatable bonds is 3. The summed E-state index contributed by atoms with van der Waals surface area (Å²) in [6.07, 6.45) is 2.83. The molecule has 1 heterocycles. The van der Waals surface area contributed by atoms with Gasteiger partial charge in [-0.05, 0) is 19.8 Å². The van der Waals surface area contributed by atoms with Gasteiger partial charge in [0, 0.05) is 6.61 Å². The highest BCUT2D eigenvalue weighted by molar-refractivity contribution is 4.79. The van der Waals surface area contributed by atoms with Gasteiger partial charge in [0.15, 0.2) is 0 Å². The zero-order valence-electron chi connectivity index (χ0n) is 5.13. The molecule has 48 valence electrons. The van der Waals surface area contributed by atoms with Gasteiger partial charge in [-0.3, -0.25) is 0 Å². The molecular formula is C6H12O2. The summed E-state index contributed by atoms with van der Waals surface area (Å²) in [6.45, 7) is 2.36. The smallest absolute Gasteiger partial charge is 0.0839 e. The molecule has 0 saturated carbocycles. The van der Waals surface area contributed by atoms with Crippen molar-refractivity contribution in [3.05, 3.63) is 0 Å². The summed E-state index contributed by atoms with van der Waals surface area (Å²) in [4.78, 5) is 0. The van der Waals surface area contributed by atoms with E-state index in [0.717, 1.165) is 12.8 Å². The molecule has 8 heavy (non-hydrogen) atoms. The molecule has 0 radical (unpaired) electrons. The van der Waals surface area contributed by atoms with Gasteiger partial charge in [0.2, 0.25) is 0 Å². The molecule has 1 N–H and O–H groups in total. The first-order valence-electron chi connectivity index (χ1n) is 3.11. The fourth-order valence-electron chi connectivity index (χ4n) is 0.826. The Hall–Kier alpha value is -0.0800. The lowest BCUT2D eigenvalue weighted by atomic mass is 10.2. The number of ether oxygens (including phenoxy) is 1. The highest BCUT2D eigenvalue weighted by Crippen LogP contribution is 2.24. The van der Waals surface area contributed by atoms with Gasteiger partial charge in [-0.1, -0.05) is 0 Å². The first-order valence-corrected chi connectivity index (χ1v) is 3.11. The van der Waals surface area contributed by atoms with Crippen LogP contribution < -0.4 is 0 Å². The van der Waals surface area contributed by atoms with Crippen LogP contribution in [0.3, 0.4) is 0 Å². The van der Waals surface area contributed by atoms with Crippen LogP contribution in [0.25, 0.3) is 0 Å². The SMILES string of the molecule is C[C@H]1O[C@@H]1CCCO. The second kappa shape index (κ2) is 2.46. The van der Waals surface area contributed by atoms with Gasteiger partial charge in [-0.25, -0.2) is 0 Å². The Kier molecular flexibility index (Phi) is 1.86. The van der Waals surface area contributed by atoms with E-state index in [1.54, 1.807) is 0 Å². The largest absolute Gasteiger partial charge is 0.396 e. The predicted octanol–water partition coefficient (Wildman–Crippen LogP) is 0.546. The van der Waals surface area contributed by atoms with Gasteiger partial charge >= 0.3 is 0 Å². The first-order chi connectivity index (χ1) is 3.84. The summed E-state index contributed by atoms with van der Waals surface area (Å²) in [7, 11) is 0. The van der Waals surface area contributed by atoms with E-state index in [2.05, 4.69) is 6.92 Å². The van der Waals surface area contributed by atoms with E-state index in [1.165, 1.54) is 0 Å². The average Bonchev–Trinajstić information content (AvgIpc) is 2.42. The Bertz CT molecular complexity index is 72.9. The topological polar surface area (TPSA) is 32.8 Å². The van der Waals surface area contributed by atoms with Crippen molar-refractivity contribution in [1.82, 2.24) is 0 Å². The zero-order chi connectivity index (χ0) is 5.98. The van der Waals surface area contributed by atoms with E-state index < -0.39 is 0 Å². The van der Waals surface area contributed by atoms with Crippen molar-refractivity contribution in [1.29, 1.82) is 0 Å². The van der Waals surface area contributed by atoms with Crippen molar-refractivity contribution < 1.29 is 9.84 Å². The maximum atomic E-state index is 8.37. The standard InChI is InChI=1S/C6H12O2/c1-5-6(8-5)3-2-4-7/h5-7H,2-4H2,1H3/t5-,6-/m1/s1. The molecule has 0 aromatic carbocycles. The number of hydrogen-bond acceptors (Lipinski definition) is 2. The van der Waals surface area contributed by atoms with Crippen LogP contribution in [-0.2, 0) is 4.74 Å². The summed E-state index contributed by atoms with van der Waals surface area (Å²) in [6, 6.07) is 0. The normalized spacial score (nSPS) is 35.2. The van der Waals surface area contributed by atoms with Gasteiger partial charge in [-0.15, -0.1) is 0 Å². The van der Waals surface area contributed by atoms with E-state index in [9.17, 15) is 0 Å². The van der Waals surface area contributed by atoms with Crippen molar-refractivity contribution in [3.63, 3.8) is 0 Å². The Morgan fingerprint density at radius 1 is 1.62 bits per heavy atom. The summed E-state index contributed by atoms with van der Waals surface area (Å²) in [5, 5.41) is 8.37. The average molecular weight is 116 g/mol. The Labute approximate surface area is 49.5 Å². The highest BCUT2D eigenvalue weighted by atomic mass is 16.6. The molecule has 2 atom stereocenters. The third-order valence-corrected chi connectivity index (χ3v) is 1.48. The molecule has 2 nitrogen and oxygen atoms in total. The summed E-state index contributed by atoms with van der Waals surface area (Å²) in [5.74, 6) is 0. The molecule has 1 aliphatic heterocycles. The molecule has 0 aliphatic carbocycles. The van der Waals surface area contributed by atoms with Crippen molar-refractivity contribution in [2.75, 3.05) is 6.61 Å². The second-order valence-corrected chi connectivity index (χ2v) is 2.25. The Morgan fingerprint density at radius 2 is 2.25 bits per heavy atom. The summed E-state index contributed by atoms with van der Waals surface area (Å²) in [5.41, 5.74) is 0. The molecule has 1 aliphatic rings. The van der Waals surface area contributed by atoms with Gasteiger partial charge in [0.25, 0.3) is 0 Å². The van der Waals surface area contributed by atoms with Gasteiger partial charge < -0.3 is 9.84 Å². The quantitative estimate of drug-likeness (QED) is 0.546. The molecule has 1 saturated heterocycles. The van der Waals surface area contributed by atoms with Crippen LogP contribution in [0.2, 0.25) is 0 Å². The van der Waals surface area contributed by atoms with E-state index >= 15 is 0 Å². The predicted molar refractivity (Wildman–Crippen MR) is 30.7 cm³/mol. The molecule has 0 aromatic heterocycles.